The Kier molecular flexibility index (Phi) is 9.88. The number of nitrogens with zero attached hydrogens (tertiary/aromatic N) is 2. The second kappa shape index (κ2) is 14.0. The molecule has 1 aliphatic rings. The largest absolute Gasteiger partial charge is 0.444 e. The van der Waals surface area contributed by atoms with E-state index in [1.54, 1.807) is 11.1 Å². The summed E-state index contributed by atoms with van der Waals surface area (Å²) in [4.78, 5) is 19.0. The molecule has 1 aromatic heterocycles. The molecule has 0 radical (unpaired) electrons. The molecule has 1 aliphatic heterocycles. The summed E-state index contributed by atoms with van der Waals surface area (Å²) in [7, 11) is 0. The highest BCUT2D eigenvalue weighted by molar-refractivity contribution is 5.82. The maximum absolute atomic E-state index is 12.9. The number of piperidine rings is 1. The minimum atomic E-state index is -0.533. The molecule has 2 heterocycles. The van der Waals surface area contributed by atoms with Gasteiger partial charge in [0.05, 0.1) is 31.6 Å². The lowest BCUT2D eigenvalue weighted by atomic mass is 9.86. The number of fused-ring (bicyclic) bond motifs is 1. The Morgan fingerprint density at radius 3 is 2.43 bits per heavy atom. The van der Waals surface area contributed by atoms with Gasteiger partial charge in [0.15, 0.2) is 0 Å². The summed E-state index contributed by atoms with van der Waals surface area (Å²) in [5, 5.41) is 2.42. The maximum Gasteiger partial charge on any atom is 0.410 e. The number of rotatable bonds is 10. The topological polar surface area (TPSA) is 60.9 Å². The molecule has 6 nitrogen and oxygen atoms in total. The highest BCUT2D eigenvalue weighted by atomic mass is 16.6. The fourth-order valence-corrected chi connectivity index (χ4v) is 5.46. The Bertz CT molecular complexity index is 1430. The number of hydrogen-bond donors (Lipinski definition) is 0. The van der Waals surface area contributed by atoms with Gasteiger partial charge in [-0.3, -0.25) is 4.98 Å². The van der Waals surface area contributed by atoms with Crippen molar-refractivity contribution in [1.82, 2.24) is 9.88 Å². The monoisotopic (exact) mass is 566 g/mol. The molecule has 5 rings (SSSR count). The number of hydrogen-bond acceptors (Lipinski definition) is 5. The zero-order valence-corrected chi connectivity index (χ0v) is 25.0. The van der Waals surface area contributed by atoms with Gasteiger partial charge in [0.1, 0.15) is 5.60 Å². The average molecular weight is 567 g/mol. The van der Waals surface area contributed by atoms with E-state index in [2.05, 4.69) is 71.7 Å². The van der Waals surface area contributed by atoms with E-state index in [-0.39, 0.29) is 18.1 Å². The molecule has 1 saturated heterocycles. The van der Waals surface area contributed by atoms with E-state index >= 15 is 0 Å². The average Bonchev–Trinajstić information content (AvgIpc) is 2.99. The molecular formula is C36H42N2O4. The number of carbonyl (C=O) groups is 1. The van der Waals surface area contributed by atoms with Crippen molar-refractivity contribution in [2.45, 2.75) is 70.9 Å². The SMILES string of the molecule is CC(C)(C)OC(=O)N1CCC(c2ccc(CCCOCc3ccccn3)cc2)C(OCc2ccc3ccccc3c2)C1. The summed E-state index contributed by atoms with van der Waals surface area (Å²) in [6, 6.07) is 29.6. The summed E-state index contributed by atoms with van der Waals surface area (Å²) in [6.07, 6.45) is 4.12. The van der Waals surface area contributed by atoms with Crippen LogP contribution in [0, 0.1) is 0 Å². The van der Waals surface area contributed by atoms with E-state index in [1.807, 2.05) is 39.0 Å². The van der Waals surface area contributed by atoms with Crippen LogP contribution in [0.25, 0.3) is 10.8 Å². The smallest absolute Gasteiger partial charge is 0.410 e. The number of amides is 1. The van der Waals surface area contributed by atoms with Crippen LogP contribution in [0.3, 0.4) is 0 Å². The third kappa shape index (κ3) is 8.40. The van der Waals surface area contributed by atoms with Gasteiger partial charge in [-0.15, -0.1) is 0 Å². The Morgan fingerprint density at radius 1 is 0.905 bits per heavy atom. The van der Waals surface area contributed by atoms with Crippen molar-refractivity contribution >= 4 is 16.9 Å². The lowest BCUT2D eigenvalue weighted by Gasteiger charge is -2.39. The molecule has 4 aromatic rings. The molecule has 6 heteroatoms. The van der Waals surface area contributed by atoms with Crippen molar-refractivity contribution in [3.05, 3.63) is 114 Å². The first-order chi connectivity index (χ1) is 20.3. The molecular weight excluding hydrogens is 524 g/mol. The third-order valence-corrected chi connectivity index (χ3v) is 7.63. The number of likely N-dealkylation sites (tertiary alicyclic amines) is 1. The van der Waals surface area contributed by atoms with E-state index in [4.69, 9.17) is 14.2 Å². The van der Waals surface area contributed by atoms with Gasteiger partial charge in [-0.2, -0.15) is 0 Å². The highest BCUT2D eigenvalue weighted by Gasteiger charge is 2.35. The third-order valence-electron chi connectivity index (χ3n) is 7.63. The Hall–Kier alpha value is -3.74. The maximum atomic E-state index is 12.9. The number of benzene rings is 3. The van der Waals surface area contributed by atoms with Crippen LogP contribution in [0.2, 0.25) is 0 Å². The van der Waals surface area contributed by atoms with E-state index < -0.39 is 5.60 Å². The Labute approximate surface area is 249 Å². The predicted octanol–water partition coefficient (Wildman–Crippen LogP) is 7.69. The van der Waals surface area contributed by atoms with Crippen LogP contribution in [0.1, 0.15) is 61.9 Å². The van der Waals surface area contributed by atoms with Gasteiger partial charge < -0.3 is 19.1 Å². The van der Waals surface area contributed by atoms with Crippen molar-refractivity contribution in [3.8, 4) is 0 Å². The molecule has 0 spiro atoms. The minimum Gasteiger partial charge on any atom is -0.444 e. The van der Waals surface area contributed by atoms with Crippen molar-refractivity contribution in [2.75, 3.05) is 19.7 Å². The van der Waals surface area contributed by atoms with Gasteiger partial charge in [0.2, 0.25) is 0 Å². The zero-order valence-electron chi connectivity index (χ0n) is 25.0. The molecule has 42 heavy (non-hydrogen) atoms. The van der Waals surface area contributed by atoms with Gasteiger partial charge >= 0.3 is 6.09 Å². The van der Waals surface area contributed by atoms with Crippen molar-refractivity contribution < 1.29 is 19.0 Å². The zero-order chi connectivity index (χ0) is 29.4. The number of aromatic nitrogens is 1. The molecule has 2 atom stereocenters. The van der Waals surface area contributed by atoms with Gasteiger partial charge in [-0.05, 0) is 85.7 Å². The fourth-order valence-electron chi connectivity index (χ4n) is 5.46. The van der Waals surface area contributed by atoms with Crippen molar-refractivity contribution in [2.24, 2.45) is 0 Å². The normalized spacial score (nSPS) is 17.4. The molecule has 3 aromatic carbocycles. The summed E-state index contributed by atoms with van der Waals surface area (Å²) in [6.45, 7) is 8.59. The molecule has 1 amide bonds. The first-order valence-corrected chi connectivity index (χ1v) is 15.0. The molecule has 1 fully saturated rings. The van der Waals surface area contributed by atoms with E-state index in [9.17, 15) is 4.79 Å². The minimum absolute atomic E-state index is 0.136. The van der Waals surface area contributed by atoms with Gasteiger partial charge in [-0.25, -0.2) is 4.79 Å². The van der Waals surface area contributed by atoms with Crippen LogP contribution >= 0.6 is 0 Å². The van der Waals surface area contributed by atoms with Crippen LogP contribution in [0.5, 0.6) is 0 Å². The van der Waals surface area contributed by atoms with E-state index in [0.717, 1.165) is 30.5 Å². The van der Waals surface area contributed by atoms with Crippen LogP contribution < -0.4 is 0 Å². The van der Waals surface area contributed by atoms with Crippen LogP contribution in [-0.2, 0) is 33.8 Å². The van der Waals surface area contributed by atoms with E-state index in [1.165, 1.54) is 21.9 Å². The van der Waals surface area contributed by atoms with Gasteiger partial charge in [0, 0.05) is 25.3 Å². The number of carbonyl (C=O) groups excluding carboxylic acids is 1. The quantitative estimate of drug-likeness (QED) is 0.184. The Balaban J connectivity index is 1.21. The standard InChI is InChI=1S/C36H42N2O4/c1-36(2,3)42-35(39)38-21-19-33(34(24-38)41-25-28-15-16-29-10-4-5-11-31(29)23-28)30-17-13-27(14-18-30)9-8-22-40-26-32-12-6-7-20-37-32/h4-7,10-18,20,23,33-34H,8-9,19,21-22,24-26H2,1-3H3. The Morgan fingerprint density at radius 2 is 1.67 bits per heavy atom. The van der Waals surface area contributed by atoms with Gasteiger partial charge in [-0.1, -0.05) is 66.7 Å². The van der Waals surface area contributed by atoms with Crippen molar-refractivity contribution in [1.29, 1.82) is 0 Å². The second-order valence-electron chi connectivity index (χ2n) is 12.1. The van der Waals surface area contributed by atoms with Crippen LogP contribution in [-0.4, -0.2) is 47.4 Å². The number of aryl methyl sites for hydroxylation is 1. The van der Waals surface area contributed by atoms with E-state index in [0.29, 0.717) is 32.9 Å². The molecule has 0 aliphatic carbocycles. The predicted molar refractivity (Wildman–Crippen MR) is 166 cm³/mol. The highest BCUT2D eigenvalue weighted by Crippen LogP contribution is 2.32. The fraction of sp³-hybridized carbons (Fsp3) is 0.389. The van der Waals surface area contributed by atoms with Crippen LogP contribution in [0.15, 0.2) is 91.1 Å². The van der Waals surface area contributed by atoms with Crippen molar-refractivity contribution in [3.63, 3.8) is 0 Å². The summed E-state index contributed by atoms with van der Waals surface area (Å²) < 4.78 is 18.1. The lowest BCUT2D eigenvalue weighted by Crippen LogP contribution is -2.48. The second-order valence-corrected chi connectivity index (χ2v) is 12.1. The first kappa shape index (κ1) is 29.7. The first-order valence-electron chi connectivity index (χ1n) is 15.0. The van der Waals surface area contributed by atoms with Crippen LogP contribution in [0.4, 0.5) is 4.79 Å². The molecule has 2 unspecified atom stereocenters. The molecule has 0 bridgehead atoms. The summed E-state index contributed by atoms with van der Waals surface area (Å²) >= 11 is 0. The molecule has 0 saturated carbocycles. The summed E-state index contributed by atoms with van der Waals surface area (Å²) in [5.74, 6) is 0.194. The molecule has 0 N–H and O–H groups in total. The summed E-state index contributed by atoms with van der Waals surface area (Å²) in [5.41, 5.74) is 4.09. The molecule has 220 valence electrons. The van der Waals surface area contributed by atoms with Gasteiger partial charge in [0.25, 0.3) is 0 Å². The number of pyridine rings is 1. The number of ether oxygens (including phenoxy) is 3. The lowest BCUT2D eigenvalue weighted by molar-refractivity contribution is -0.0359.